The van der Waals surface area contributed by atoms with Gasteiger partial charge in [-0.15, -0.1) is 0 Å². The number of hydrogen-bond acceptors (Lipinski definition) is 10. The van der Waals surface area contributed by atoms with Crippen molar-refractivity contribution in [2.24, 2.45) is 5.92 Å². The molecule has 1 aromatic heterocycles. The third kappa shape index (κ3) is 10.4. The number of carbonyl (C=O) groups excluding carboxylic acids is 1. The fourth-order valence-corrected chi connectivity index (χ4v) is 4.46. The van der Waals surface area contributed by atoms with E-state index in [-0.39, 0.29) is 42.3 Å². The lowest BCUT2D eigenvalue weighted by molar-refractivity contribution is -0.154. The molecule has 3 heterocycles. The molecule has 0 aliphatic carbocycles. The van der Waals surface area contributed by atoms with Gasteiger partial charge in [0.2, 0.25) is 11.9 Å². The second-order valence-electron chi connectivity index (χ2n) is 10.8. The maximum Gasteiger partial charge on any atom is 0.422 e. The van der Waals surface area contributed by atoms with E-state index in [9.17, 15) is 27.9 Å². The minimum Gasteiger partial charge on any atom is -0.494 e. The number of ether oxygens (including phenoxy) is 3. The van der Waals surface area contributed by atoms with E-state index in [1.54, 1.807) is 6.92 Å². The average molecular weight is 647 g/mol. The van der Waals surface area contributed by atoms with Gasteiger partial charge in [0.25, 0.3) is 5.91 Å². The summed E-state index contributed by atoms with van der Waals surface area (Å²) < 4.78 is 55.3. The van der Waals surface area contributed by atoms with E-state index in [2.05, 4.69) is 30.9 Å². The van der Waals surface area contributed by atoms with Gasteiger partial charge in [-0.1, -0.05) is 32.4 Å². The van der Waals surface area contributed by atoms with Gasteiger partial charge in [0.05, 0.1) is 18.8 Å². The zero-order valence-electron chi connectivity index (χ0n) is 25.5. The number of aliphatic carboxylic acids is 1. The molecule has 2 aliphatic rings. The minimum absolute atomic E-state index is 0.0434. The van der Waals surface area contributed by atoms with E-state index in [4.69, 9.17) is 14.2 Å². The Kier molecular flexibility index (Phi) is 11.8. The largest absolute Gasteiger partial charge is 0.494 e. The van der Waals surface area contributed by atoms with Crippen LogP contribution in [0.2, 0.25) is 0 Å². The molecule has 6 bridgehead atoms. The monoisotopic (exact) mass is 646 g/mol. The molecule has 248 valence electrons. The zero-order chi connectivity index (χ0) is 33.1. The molecule has 0 fully saturated rings. The summed E-state index contributed by atoms with van der Waals surface area (Å²) in [6.45, 7) is 3.02. The summed E-state index contributed by atoms with van der Waals surface area (Å²) in [7, 11) is 0. The topological polar surface area (TPSA) is 157 Å². The van der Waals surface area contributed by atoms with Crippen LogP contribution in [0.1, 0.15) is 61.9 Å². The molecule has 3 aromatic rings. The molecule has 15 heteroatoms. The number of alkyl halides is 3. The first-order valence-corrected chi connectivity index (χ1v) is 15.0. The Labute approximate surface area is 264 Å². The van der Waals surface area contributed by atoms with Crippen LogP contribution in [-0.2, 0) is 11.3 Å². The molecule has 5 rings (SSSR count). The maximum absolute atomic E-state index is 13.3. The second kappa shape index (κ2) is 16.0. The lowest BCUT2D eigenvalue weighted by Gasteiger charge is -2.21. The van der Waals surface area contributed by atoms with Gasteiger partial charge in [0.1, 0.15) is 17.5 Å². The van der Waals surface area contributed by atoms with E-state index in [0.717, 1.165) is 24.8 Å². The van der Waals surface area contributed by atoms with Crippen LogP contribution in [0.4, 0.5) is 30.8 Å². The molecule has 2 unspecified atom stereocenters. The predicted octanol–water partition coefficient (Wildman–Crippen LogP) is 5.73. The molecule has 0 spiro atoms. The highest BCUT2D eigenvalue weighted by Crippen LogP contribution is 2.27. The number of carboxylic acids is 1. The van der Waals surface area contributed by atoms with Crippen LogP contribution >= 0.6 is 0 Å². The SMILES string of the molecule is CCC(C)C(NC(=O)c1ccc2cc1OCCCCCCOc1ccc(cc1)CNc1nc(nc(OCC(F)(F)F)n1)N2)C(=O)O. The van der Waals surface area contributed by atoms with Crippen molar-refractivity contribution in [3.8, 4) is 17.5 Å². The van der Waals surface area contributed by atoms with Gasteiger partial charge >= 0.3 is 18.2 Å². The number of halogens is 3. The van der Waals surface area contributed by atoms with Crippen LogP contribution in [0, 0.1) is 5.92 Å². The Morgan fingerprint density at radius 2 is 1.70 bits per heavy atom. The second-order valence-corrected chi connectivity index (χ2v) is 10.8. The summed E-state index contributed by atoms with van der Waals surface area (Å²) in [5, 5.41) is 18.1. The lowest BCUT2D eigenvalue weighted by Crippen LogP contribution is -2.45. The van der Waals surface area contributed by atoms with Crippen molar-refractivity contribution in [2.75, 3.05) is 30.5 Å². The van der Waals surface area contributed by atoms with Gasteiger partial charge in [0, 0.05) is 18.3 Å². The van der Waals surface area contributed by atoms with Crippen LogP contribution in [0.15, 0.2) is 42.5 Å². The molecule has 12 nitrogen and oxygen atoms in total. The number of aromatic nitrogens is 3. The highest BCUT2D eigenvalue weighted by molar-refractivity contribution is 5.99. The normalized spacial score (nSPS) is 15.4. The molecule has 2 aliphatic heterocycles. The van der Waals surface area contributed by atoms with Gasteiger partial charge in [-0.05, 0) is 61.4 Å². The highest BCUT2D eigenvalue weighted by atomic mass is 19.4. The Balaban J connectivity index is 1.65. The van der Waals surface area contributed by atoms with Crippen molar-refractivity contribution in [1.82, 2.24) is 20.3 Å². The van der Waals surface area contributed by atoms with Crippen molar-refractivity contribution >= 4 is 29.5 Å². The Bertz CT molecular complexity index is 1470. The number of amides is 1. The summed E-state index contributed by atoms with van der Waals surface area (Å²) in [4.78, 5) is 37.3. The highest BCUT2D eigenvalue weighted by Gasteiger charge is 2.30. The van der Waals surface area contributed by atoms with Gasteiger partial charge in [-0.2, -0.15) is 28.1 Å². The number of carboxylic acid groups (broad SMARTS) is 1. The molecular formula is C31H37F3N6O6. The Hall–Kier alpha value is -4.82. The van der Waals surface area contributed by atoms with Crippen LogP contribution < -0.4 is 30.2 Å². The number of rotatable bonds is 7. The van der Waals surface area contributed by atoms with E-state index in [1.165, 1.54) is 18.2 Å². The smallest absolute Gasteiger partial charge is 0.422 e. The first-order chi connectivity index (χ1) is 22.0. The number of fused-ring (bicyclic) bond motifs is 10. The van der Waals surface area contributed by atoms with E-state index < -0.39 is 36.7 Å². The molecule has 2 atom stereocenters. The van der Waals surface area contributed by atoms with Gasteiger partial charge in [0.15, 0.2) is 6.61 Å². The zero-order valence-corrected chi connectivity index (χ0v) is 25.5. The fraction of sp³-hybridized carbons (Fsp3) is 0.452. The number of nitrogens with zero attached hydrogens (tertiary/aromatic N) is 3. The maximum atomic E-state index is 13.3. The fourth-order valence-electron chi connectivity index (χ4n) is 4.46. The number of hydrogen-bond donors (Lipinski definition) is 4. The summed E-state index contributed by atoms with van der Waals surface area (Å²) >= 11 is 0. The first kappa shape index (κ1) is 34.1. The van der Waals surface area contributed by atoms with Gasteiger partial charge in [-0.25, -0.2) is 4.79 Å². The van der Waals surface area contributed by atoms with E-state index in [0.29, 0.717) is 30.9 Å². The molecule has 0 radical (unpaired) electrons. The predicted molar refractivity (Wildman–Crippen MR) is 163 cm³/mol. The third-order valence-electron chi connectivity index (χ3n) is 7.17. The quantitative estimate of drug-likeness (QED) is 0.249. The first-order valence-electron chi connectivity index (χ1n) is 15.0. The van der Waals surface area contributed by atoms with Crippen molar-refractivity contribution in [3.05, 3.63) is 53.6 Å². The Morgan fingerprint density at radius 1 is 1.00 bits per heavy atom. The minimum atomic E-state index is -4.61. The summed E-state index contributed by atoms with van der Waals surface area (Å²) in [6, 6.07) is 10.2. The molecule has 0 saturated carbocycles. The molecule has 0 saturated heterocycles. The lowest BCUT2D eigenvalue weighted by atomic mass is 9.99. The van der Waals surface area contributed by atoms with Crippen molar-refractivity contribution in [3.63, 3.8) is 0 Å². The number of benzene rings is 2. The number of anilines is 3. The number of nitrogens with one attached hydrogen (secondary N) is 3. The molecule has 4 N–H and O–H groups in total. The Morgan fingerprint density at radius 3 is 2.37 bits per heavy atom. The average Bonchev–Trinajstić information content (AvgIpc) is 3.02. The van der Waals surface area contributed by atoms with E-state index in [1.807, 2.05) is 31.2 Å². The van der Waals surface area contributed by atoms with Crippen LogP contribution in [0.5, 0.6) is 17.5 Å². The molecular weight excluding hydrogens is 609 g/mol. The van der Waals surface area contributed by atoms with Crippen LogP contribution in [0.3, 0.4) is 0 Å². The summed E-state index contributed by atoms with van der Waals surface area (Å²) in [6.07, 6.45) is -0.819. The van der Waals surface area contributed by atoms with Crippen molar-refractivity contribution in [2.45, 2.75) is 64.7 Å². The summed E-state index contributed by atoms with van der Waals surface area (Å²) in [5.74, 6) is -1.39. The van der Waals surface area contributed by atoms with Crippen LogP contribution in [0.25, 0.3) is 0 Å². The molecule has 1 amide bonds. The molecule has 46 heavy (non-hydrogen) atoms. The van der Waals surface area contributed by atoms with Crippen molar-refractivity contribution < 1.29 is 42.1 Å². The standard InChI is InChI=1S/C31H37F3N6O6/c1-3-19(2)25(27(42)43)37-26(41)23-13-10-21-16-24(23)45-15-7-5-4-6-14-44-22-11-8-20(9-12-22)17-35-28-38-29(36-21)40-30(39-28)46-18-31(32,33)34/h8-13,16,19,25H,3-7,14-15,17-18H2,1-2H3,(H,37,41)(H,42,43)(H2,35,36,38,39,40). The third-order valence-corrected chi connectivity index (χ3v) is 7.17. The van der Waals surface area contributed by atoms with Gasteiger partial charge < -0.3 is 35.3 Å². The molecule has 2 aromatic carbocycles. The van der Waals surface area contributed by atoms with Crippen LogP contribution in [-0.4, -0.2) is 64.0 Å². The number of carbonyl (C=O) groups is 2. The summed E-state index contributed by atoms with van der Waals surface area (Å²) in [5.41, 5.74) is 1.31. The van der Waals surface area contributed by atoms with E-state index >= 15 is 0 Å². The van der Waals surface area contributed by atoms with Crippen molar-refractivity contribution in [1.29, 1.82) is 0 Å². The van der Waals surface area contributed by atoms with Gasteiger partial charge in [-0.3, -0.25) is 4.79 Å².